The second-order valence-corrected chi connectivity index (χ2v) is 11.4. The number of carbonyl (C=O) groups is 1. The summed E-state index contributed by atoms with van der Waals surface area (Å²) < 4.78 is 8.18. The number of aromatic nitrogens is 2. The number of piperidine rings is 1. The lowest BCUT2D eigenvalue weighted by molar-refractivity contribution is -0.0875. The fraction of sp³-hybridized carbons (Fsp3) is 0.852. The lowest BCUT2D eigenvalue weighted by Crippen LogP contribution is -2.54. The molecule has 34 heavy (non-hydrogen) atoms. The molecule has 7 nitrogen and oxygen atoms in total. The van der Waals surface area contributed by atoms with E-state index in [1.807, 2.05) is 0 Å². The topological polar surface area (TPSA) is 62.6 Å². The Morgan fingerprint density at radius 1 is 0.971 bits per heavy atom. The van der Waals surface area contributed by atoms with E-state index in [9.17, 15) is 4.79 Å². The Morgan fingerprint density at radius 2 is 1.68 bits per heavy atom. The van der Waals surface area contributed by atoms with E-state index in [-0.39, 0.29) is 5.91 Å². The molecular weight excluding hydrogens is 426 g/mol. The van der Waals surface area contributed by atoms with Gasteiger partial charge in [0.15, 0.2) is 5.69 Å². The van der Waals surface area contributed by atoms with Gasteiger partial charge in [-0.25, -0.2) is 0 Å². The van der Waals surface area contributed by atoms with Crippen molar-refractivity contribution in [3.8, 4) is 0 Å². The first-order valence-electron chi connectivity index (χ1n) is 14.0. The minimum Gasteiger partial charge on any atom is -0.373 e. The van der Waals surface area contributed by atoms with Crippen LogP contribution in [0.4, 0.5) is 0 Å². The first-order valence-corrected chi connectivity index (χ1v) is 14.0. The Hall–Kier alpha value is -1.44. The van der Waals surface area contributed by atoms with Gasteiger partial charge in [-0.3, -0.25) is 19.3 Å². The van der Waals surface area contributed by atoms with Crippen LogP contribution in [0.2, 0.25) is 0 Å². The molecule has 4 aliphatic rings. The van der Waals surface area contributed by atoms with E-state index in [1.165, 1.54) is 62.6 Å². The summed E-state index contributed by atoms with van der Waals surface area (Å²) in [5, 5.41) is 7.74. The molecule has 1 unspecified atom stereocenters. The molecule has 2 aliphatic carbocycles. The first kappa shape index (κ1) is 24.3. The fourth-order valence-corrected chi connectivity index (χ4v) is 7.18. The molecule has 3 atom stereocenters. The highest BCUT2D eigenvalue weighted by Gasteiger charge is 2.36. The second-order valence-electron chi connectivity index (χ2n) is 11.4. The average molecular weight is 472 g/mol. The predicted molar refractivity (Wildman–Crippen MR) is 134 cm³/mol. The van der Waals surface area contributed by atoms with Crippen molar-refractivity contribution in [1.29, 1.82) is 0 Å². The zero-order valence-corrected chi connectivity index (χ0v) is 21.6. The van der Waals surface area contributed by atoms with E-state index in [4.69, 9.17) is 9.84 Å². The number of rotatable bonds is 5. The Labute approximate surface area is 205 Å². The number of hydrogen-bond acceptors (Lipinski definition) is 5. The molecule has 1 aromatic heterocycles. The van der Waals surface area contributed by atoms with Gasteiger partial charge in [-0.1, -0.05) is 19.3 Å². The van der Waals surface area contributed by atoms with E-state index in [2.05, 4.69) is 33.6 Å². The summed E-state index contributed by atoms with van der Waals surface area (Å²) in [6.45, 7) is 9.86. The number of nitrogens with one attached hydrogen (secondary N) is 1. The molecule has 7 heteroatoms. The van der Waals surface area contributed by atoms with Crippen molar-refractivity contribution in [3.63, 3.8) is 0 Å². The second kappa shape index (κ2) is 10.7. The maximum atomic E-state index is 12.7. The molecular formula is C27H45N5O2. The first-order chi connectivity index (χ1) is 16.5. The Balaban J connectivity index is 1.24. The van der Waals surface area contributed by atoms with Crippen molar-refractivity contribution in [1.82, 2.24) is 24.9 Å². The summed E-state index contributed by atoms with van der Waals surface area (Å²) in [4.78, 5) is 18.1. The largest absolute Gasteiger partial charge is 0.373 e. The standard InChI is InChI=1S/C27H45N5O2/c1-19-16-31(17-20(2)34-19)22-11-13-30(14-12-22)23-9-10-25-24(15-23)26(27(33)28-3)29-32(25)18-21-7-5-4-6-8-21/h19-23H,4-18H2,1-3H3,(H,28,33)/t19-,20+,23?. The van der Waals surface area contributed by atoms with Crippen molar-refractivity contribution in [2.24, 2.45) is 5.92 Å². The van der Waals surface area contributed by atoms with E-state index >= 15 is 0 Å². The van der Waals surface area contributed by atoms with Crippen LogP contribution in [-0.2, 0) is 24.1 Å². The molecule has 0 aromatic carbocycles. The van der Waals surface area contributed by atoms with Crippen LogP contribution >= 0.6 is 0 Å². The van der Waals surface area contributed by atoms with Crippen LogP contribution in [0.1, 0.15) is 87.0 Å². The molecule has 0 spiro atoms. The number of carbonyl (C=O) groups excluding carboxylic acids is 1. The van der Waals surface area contributed by atoms with Gasteiger partial charge in [0.25, 0.3) is 5.91 Å². The molecule has 3 fully saturated rings. The third kappa shape index (κ3) is 5.21. The number of hydrogen-bond donors (Lipinski definition) is 1. The van der Waals surface area contributed by atoms with Crippen molar-refractivity contribution in [3.05, 3.63) is 17.0 Å². The van der Waals surface area contributed by atoms with Crippen molar-refractivity contribution < 1.29 is 9.53 Å². The van der Waals surface area contributed by atoms with Gasteiger partial charge in [0.05, 0.1) is 12.2 Å². The van der Waals surface area contributed by atoms with Gasteiger partial charge in [-0.05, 0) is 77.8 Å². The van der Waals surface area contributed by atoms with Gasteiger partial charge < -0.3 is 10.1 Å². The van der Waals surface area contributed by atoms with Gasteiger partial charge in [0.1, 0.15) is 0 Å². The average Bonchev–Trinajstić information content (AvgIpc) is 3.21. The highest BCUT2D eigenvalue weighted by molar-refractivity contribution is 5.93. The zero-order valence-electron chi connectivity index (χ0n) is 21.6. The summed E-state index contributed by atoms with van der Waals surface area (Å²) in [6, 6.07) is 1.22. The minimum absolute atomic E-state index is 0.0199. The Kier molecular flexibility index (Phi) is 7.61. The molecule has 1 aromatic rings. The van der Waals surface area contributed by atoms with E-state index < -0.39 is 0 Å². The highest BCUT2D eigenvalue weighted by Crippen LogP contribution is 2.32. The highest BCUT2D eigenvalue weighted by atomic mass is 16.5. The van der Waals surface area contributed by atoms with Crippen molar-refractivity contribution >= 4 is 5.91 Å². The third-order valence-electron chi connectivity index (χ3n) is 8.90. The summed E-state index contributed by atoms with van der Waals surface area (Å²) in [7, 11) is 1.73. The SMILES string of the molecule is CNC(=O)c1nn(CC2CCCCC2)c2c1CC(N1CCC(N3C[C@@H](C)O[C@@H](C)C3)CC1)CC2. The number of likely N-dealkylation sites (tertiary alicyclic amines) is 1. The smallest absolute Gasteiger partial charge is 0.271 e. The van der Waals surface area contributed by atoms with Crippen LogP contribution in [0, 0.1) is 5.92 Å². The molecule has 5 rings (SSSR count). The lowest BCUT2D eigenvalue weighted by atomic mass is 9.87. The molecule has 3 heterocycles. The summed E-state index contributed by atoms with van der Waals surface area (Å²) in [5.41, 5.74) is 3.25. The number of amides is 1. The summed E-state index contributed by atoms with van der Waals surface area (Å²) in [5.74, 6) is 0.700. The van der Waals surface area contributed by atoms with Gasteiger partial charge in [-0.2, -0.15) is 5.10 Å². The number of ether oxygens (including phenoxy) is 1. The summed E-state index contributed by atoms with van der Waals surface area (Å²) >= 11 is 0. The molecule has 2 saturated heterocycles. The molecule has 1 amide bonds. The molecule has 1 saturated carbocycles. The molecule has 190 valence electrons. The zero-order chi connectivity index (χ0) is 23.7. The molecule has 2 aliphatic heterocycles. The Bertz CT molecular complexity index is 830. The number of morpholine rings is 1. The monoisotopic (exact) mass is 471 g/mol. The maximum Gasteiger partial charge on any atom is 0.271 e. The Morgan fingerprint density at radius 3 is 2.35 bits per heavy atom. The van der Waals surface area contributed by atoms with E-state index in [0.717, 1.165) is 51.5 Å². The van der Waals surface area contributed by atoms with Gasteiger partial charge in [0, 0.05) is 50.0 Å². The third-order valence-corrected chi connectivity index (χ3v) is 8.90. The van der Waals surface area contributed by atoms with Crippen LogP contribution < -0.4 is 5.32 Å². The lowest BCUT2D eigenvalue weighted by Gasteiger charge is -2.45. The van der Waals surface area contributed by atoms with Crippen LogP contribution in [0.5, 0.6) is 0 Å². The van der Waals surface area contributed by atoms with Crippen molar-refractivity contribution in [2.45, 2.75) is 109 Å². The molecule has 0 bridgehead atoms. The van der Waals surface area contributed by atoms with Gasteiger partial charge >= 0.3 is 0 Å². The quantitative estimate of drug-likeness (QED) is 0.714. The van der Waals surface area contributed by atoms with Gasteiger partial charge in [-0.15, -0.1) is 0 Å². The number of fused-ring (bicyclic) bond motifs is 1. The van der Waals surface area contributed by atoms with Crippen LogP contribution in [-0.4, -0.2) is 83.0 Å². The normalized spacial score (nSPS) is 30.3. The molecule has 1 N–H and O–H groups in total. The van der Waals surface area contributed by atoms with E-state index in [1.54, 1.807) is 7.05 Å². The van der Waals surface area contributed by atoms with Crippen molar-refractivity contribution in [2.75, 3.05) is 33.2 Å². The summed E-state index contributed by atoms with van der Waals surface area (Å²) in [6.07, 6.45) is 13.1. The maximum absolute atomic E-state index is 12.7. The van der Waals surface area contributed by atoms with E-state index in [0.29, 0.717) is 30.0 Å². The van der Waals surface area contributed by atoms with Gasteiger partial charge in [0.2, 0.25) is 0 Å². The fourth-order valence-electron chi connectivity index (χ4n) is 7.18. The predicted octanol–water partition coefficient (Wildman–Crippen LogP) is 3.25. The number of nitrogens with zero attached hydrogens (tertiary/aromatic N) is 4. The minimum atomic E-state index is -0.0199. The van der Waals surface area contributed by atoms with Crippen LogP contribution in [0.15, 0.2) is 0 Å². The van der Waals surface area contributed by atoms with Crippen LogP contribution in [0.3, 0.4) is 0 Å². The molecule has 0 radical (unpaired) electrons. The van der Waals surface area contributed by atoms with Crippen LogP contribution in [0.25, 0.3) is 0 Å².